The predicted octanol–water partition coefficient (Wildman–Crippen LogP) is 3.42. The Morgan fingerprint density at radius 2 is 1.33 bits per heavy atom. The molecular weight excluding hydrogens is 262 g/mol. The summed E-state index contributed by atoms with van der Waals surface area (Å²) in [5, 5.41) is 4.20. The molecule has 1 heterocycles. The van der Waals surface area contributed by atoms with Crippen molar-refractivity contribution in [1.82, 2.24) is 0 Å². The molecule has 0 N–H and O–H groups in total. The summed E-state index contributed by atoms with van der Waals surface area (Å²) in [6.45, 7) is 0. The van der Waals surface area contributed by atoms with Crippen LogP contribution in [0.3, 0.4) is 0 Å². The standard InChI is InChI=1S/C18H11NO2/c20-17-10-11-18(21)19(17)16-7-3-6-14-13-5-2-1-4-12(13)8-9-15(14)16/h1-11H. The topological polar surface area (TPSA) is 37.4 Å². The number of hydrogen-bond acceptors (Lipinski definition) is 2. The third kappa shape index (κ3) is 1.68. The van der Waals surface area contributed by atoms with Crippen molar-refractivity contribution in [2.75, 3.05) is 4.90 Å². The molecule has 0 aliphatic carbocycles. The summed E-state index contributed by atoms with van der Waals surface area (Å²) in [5.74, 6) is -0.582. The Bertz CT molecular complexity index is 922. The highest BCUT2D eigenvalue weighted by molar-refractivity contribution is 6.31. The molecule has 0 atom stereocenters. The van der Waals surface area contributed by atoms with Gasteiger partial charge in [-0.3, -0.25) is 9.59 Å². The van der Waals surface area contributed by atoms with E-state index in [-0.39, 0.29) is 11.8 Å². The van der Waals surface area contributed by atoms with Crippen LogP contribution in [0.15, 0.2) is 66.7 Å². The number of hydrogen-bond donors (Lipinski definition) is 0. The second kappa shape index (κ2) is 4.28. The molecule has 0 saturated carbocycles. The average molecular weight is 273 g/mol. The van der Waals surface area contributed by atoms with Crippen LogP contribution in [0.1, 0.15) is 0 Å². The number of anilines is 1. The van der Waals surface area contributed by atoms with E-state index < -0.39 is 0 Å². The van der Waals surface area contributed by atoms with Crippen LogP contribution in [0.2, 0.25) is 0 Å². The minimum Gasteiger partial charge on any atom is -0.269 e. The molecule has 3 nitrogen and oxygen atoms in total. The van der Waals surface area contributed by atoms with E-state index in [2.05, 4.69) is 6.07 Å². The zero-order valence-electron chi connectivity index (χ0n) is 11.1. The first-order valence-electron chi connectivity index (χ1n) is 6.72. The van der Waals surface area contributed by atoms with Gasteiger partial charge in [-0.2, -0.15) is 0 Å². The molecule has 2 amide bonds. The van der Waals surface area contributed by atoms with Gasteiger partial charge in [0.25, 0.3) is 11.8 Å². The van der Waals surface area contributed by atoms with Crippen molar-refractivity contribution < 1.29 is 9.59 Å². The molecule has 100 valence electrons. The molecule has 0 spiro atoms. The van der Waals surface area contributed by atoms with Gasteiger partial charge in [-0.25, -0.2) is 4.90 Å². The molecule has 0 saturated heterocycles. The summed E-state index contributed by atoms with van der Waals surface area (Å²) < 4.78 is 0. The van der Waals surface area contributed by atoms with Crippen molar-refractivity contribution in [3.63, 3.8) is 0 Å². The van der Waals surface area contributed by atoms with Gasteiger partial charge in [0.15, 0.2) is 0 Å². The fourth-order valence-electron chi connectivity index (χ4n) is 2.86. The van der Waals surface area contributed by atoms with Crippen molar-refractivity contribution in [1.29, 1.82) is 0 Å². The molecule has 0 aromatic heterocycles. The van der Waals surface area contributed by atoms with E-state index >= 15 is 0 Å². The maximum Gasteiger partial charge on any atom is 0.258 e. The number of nitrogens with zero attached hydrogens (tertiary/aromatic N) is 1. The summed E-state index contributed by atoms with van der Waals surface area (Å²) in [5.41, 5.74) is 0.637. The number of imide groups is 1. The third-order valence-electron chi connectivity index (χ3n) is 3.81. The van der Waals surface area contributed by atoms with Crippen LogP contribution in [0.25, 0.3) is 21.5 Å². The molecule has 0 radical (unpaired) electrons. The fraction of sp³-hybridized carbons (Fsp3) is 0. The van der Waals surface area contributed by atoms with Gasteiger partial charge in [0.05, 0.1) is 5.69 Å². The minimum atomic E-state index is -0.291. The molecule has 3 heteroatoms. The quantitative estimate of drug-likeness (QED) is 0.503. The third-order valence-corrected chi connectivity index (χ3v) is 3.81. The summed E-state index contributed by atoms with van der Waals surface area (Å²) in [4.78, 5) is 25.0. The van der Waals surface area contributed by atoms with Gasteiger partial charge in [0, 0.05) is 17.5 Å². The highest BCUT2D eigenvalue weighted by Crippen LogP contribution is 2.33. The zero-order chi connectivity index (χ0) is 14.4. The van der Waals surface area contributed by atoms with Gasteiger partial charge in [-0.05, 0) is 22.2 Å². The van der Waals surface area contributed by atoms with E-state index in [0.29, 0.717) is 5.69 Å². The molecule has 1 aliphatic heterocycles. The molecule has 3 aromatic carbocycles. The van der Waals surface area contributed by atoms with E-state index in [1.54, 1.807) is 6.07 Å². The lowest BCUT2D eigenvalue weighted by Crippen LogP contribution is -2.29. The van der Waals surface area contributed by atoms with Crippen molar-refractivity contribution in [3.8, 4) is 0 Å². The number of benzene rings is 3. The first-order chi connectivity index (χ1) is 10.3. The minimum absolute atomic E-state index is 0.291. The lowest BCUT2D eigenvalue weighted by atomic mass is 10.0. The second-order valence-electron chi connectivity index (χ2n) is 5.00. The van der Waals surface area contributed by atoms with E-state index in [1.165, 1.54) is 17.1 Å². The Balaban J connectivity index is 2.05. The van der Waals surface area contributed by atoms with Crippen molar-refractivity contribution in [3.05, 3.63) is 66.7 Å². The molecule has 1 aliphatic rings. The van der Waals surface area contributed by atoms with Gasteiger partial charge in [-0.1, -0.05) is 48.5 Å². The van der Waals surface area contributed by atoms with E-state index in [4.69, 9.17) is 0 Å². The number of carbonyl (C=O) groups is 2. The van der Waals surface area contributed by atoms with Crippen LogP contribution < -0.4 is 4.90 Å². The molecule has 3 aromatic rings. The first-order valence-corrected chi connectivity index (χ1v) is 6.72. The maximum absolute atomic E-state index is 11.9. The Morgan fingerprint density at radius 1 is 0.619 bits per heavy atom. The molecular formula is C18H11NO2. The Hall–Kier alpha value is -2.94. The number of carbonyl (C=O) groups excluding carboxylic acids is 2. The van der Waals surface area contributed by atoms with Gasteiger partial charge in [0.1, 0.15) is 0 Å². The van der Waals surface area contributed by atoms with Crippen molar-refractivity contribution in [2.24, 2.45) is 0 Å². The Morgan fingerprint density at radius 3 is 2.14 bits per heavy atom. The average Bonchev–Trinajstić information content (AvgIpc) is 2.85. The maximum atomic E-state index is 11.9. The highest BCUT2D eigenvalue weighted by atomic mass is 16.2. The Kier molecular flexibility index (Phi) is 2.42. The SMILES string of the molecule is O=C1C=CC(=O)N1c1cccc2c1ccc1ccccc12. The summed E-state index contributed by atoms with van der Waals surface area (Å²) in [6.07, 6.45) is 2.62. The summed E-state index contributed by atoms with van der Waals surface area (Å²) in [6, 6.07) is 17.8. The van der Waals surface area contributed by atoms with Gasteiger partial charge < -0.3 is 0 Å². The summed E-state index contributed by atoms with van der Waals surface area (Å²) in [7, 11) is 0. The van der Waals surface area contributed by atoms with Gasteiger partial charge >= 0.3 is 0 Å². The van der Waals surface area contributed by atoms with Crippen molar-refractivity contribution in [2.45, 2.75) is 0 Å². The van der Waals surface area contributed by atoms with Crippen LogP contribution in [-0.2, 0) is 9.59 Å². The smallest absolute Gasteiger partial charge is 0.258 e. The molecule has 21 heavy (non-hydrogen) atoms. The van der Waals surface area contributed by atoms with Crippen molar-refractivity contribution >= 4 is 39.0 Å². The molecule has 0 unspecified atom stereocenters. The lowest BCUT2D eigenvalue weighted by molar-refractivity contribution is -0.119. The van der Waals surface area contributed by atoms with Gasteiger partial charge in [0.2, 0.25) is 0 Å². The normalized spacial score (nSPS) is 14.6. The monoisotopic (exact) mass is 273 g/mol. The van der Waals surface area contributed by atoms with E-state index in [9.17, 15) is 9.59 Å². The van der Waals surface area contributed by atoms with Crippen LogP contribution in [0, 0.1) is 0 Å². The van der Waals surface area contributed by atoms with Crippen LogP contribution in [0.5, 0.6) is 0 Å². The zero-order valence-corrected chi connectivity index (χ0v) is 11.1. The first kappa shape index (κ1) is 11.9. The van der Waals surface area contributed by atoms with Gasteiger partial charge in [-0.15, -0.1) is 0 Å². The fourth-order valence-corrected chi connectivity index (χ4v) is 2.86. The Labute approximate surface area is 121 Å². The van der Waals surface area contributed by atoms with E-state index in [1.807, 2.05) is 42.5 Å². The van der Waals surface area contributed by atoms with Crippen LogP contribution in [0.4, 0.5) is 5.69 Å². The molecule has 0 bridgehead atoms. The predicted molar refractivity (Wildman–Crippen MR) is 83.1 cm³/mol. The number of amides is 2. The number of rotatable bonds is 1. The summed E-state index contributed by atoms with van der Waals surface area (Å²) >= 11 is 0. The lowest BCUT2D eigenvalue weighted by Gasteiger charge is -2.17. The number of fused-ring (bicyclic) bond motifs is 3. The van der Waals surface area contributed by atoms with Crippen LogP contribution >= 0.6 is 0 Å². The molecule has 0 fully saturated rings. The van der Waals surface area contributed by atoms with Crippen LogP contribution in [-0.4, -0.2) is 11.8 Å². The largest absolute Gasteiger partial charge is 0.269 e. The highest BCUT2D eigenvalue weighted by Gasteiger charge is 2.26. The second-order valence-corrected chi connectivity index (χ2v) is 5.00. The molecule has 4 rings (SSSR count). The van der Waals surface area contributed by atoms with E-state index in [0.717, 1.165) is 21.5 Å².